The fraction of sp³-hybridized carbons (Fsp3) is 0.700. The van der Waals surface area contributed by atoms with Gasteiger partial charge in [0.05, 0.1) is 6.61 Å². The van der Waals surface area contributed by atoms with Gasteiger partial charge in [0.2, 0.25) is 17.2 Å². The van der Waals surface area contributed by atoms with Crippen molar-refractivity contribution in [1.29, 1.82) is 0 Å². The van der Waals surface area contributed by atoms with E-state index >= 15 is 0 Å². The summed E-state index contributed by atoms with van der Waals surface area (Å²) in [5, 5.41) is 9.19. The molecule has 0 unspecified atom stereocenters. The van der Waals surface area contributed by atoms with Crippen LogP contribution in [-0.2, 0) is 0 Å². The Morgan fingerprint density at radius 1 is 1.18 bits per heavy atom. The molecule has 0 bridgehead atoms. The lowest BCUT2D eigenvalue weighted by Gasteiger charge is -2.26. The molecule has 1 aromatic heterocycles. The molecule has 1 aromatic rings. The molecule has 96 valence electrons. The first-order valence-electron chi connectivity index (χ1n) is 5.42. The fourth-order valence-corrected chi connectivity index (χ4v) is 1.51. The van der Waals surface area contributed by atoms with Gasteiger partial charge in [-0.05, 0) is 25.4 Å². The van der Waals surface area contributed by atoms with Gasteiger partial charge in [0.1, 0.15) is 0 Å². The quantitative estimate of drug-likeness (QED) is 0.844. The fourth-order valence-electron chi connectivity index (χ4n) is 1.35. The van der Waals surface area contributed by atoms with Crippen LogP contribution in [0.4, 0.5) is 11.9 Å². The van der Waals surface area contributed by atoms with Crippen molar-refractivity contribution in [3.8, 4) is 0 Å². The maximum Gasteiger partial charge on any atom is 0.231 e. The number of anilines is 2. The molecule has 0 radical (unpaired) electrons. The highest BCUT2D eigenvalue weighted by Crippen LogP contribution is 2.16. The van der Waals surface area contributed by atoms with Crippen LogP contribution in [0.2, 0.25) is 5.28 Å². The summed E-state index contributed by atoms with van der Waals surface area (Å²) in [5.74, 6) is 0.987. The first kappa shape index (κ1) is 13.9. The van der Waals surface area contributed by atoms with E-state index in [2.05, 4.69) is 15.0 Å². The molecule has 7 heteroatoms. The maximum absolute atomic E-state index is 9.04. The minimum absolute atomic E-state index is 0.0405. The first-order chi connectivity index (χ1) is 7.95. The van der Waals surface area contributed by atoms with Crippen molar-refractivity contribution in [3.63, 3.8) is 0 Å². The van der Waals surface area contributed by atoms with Crippen LogP contribution in [0.15, 0.2) is 0 Å². The third-order valence-corrected chi connectivity index (χ3v) is 2.37. The number of halogens is 1. The molecule has 0 fully saturated rings. The summed E-state index contributed by atoms with van der Waals surface area (Å²) in [5.41, 5.74) is 0. The molecular formula is C10H18ClN5O. The summed E-state index contributed by atoms with van der Waals surface area (Å²) in [6.07, 6.45) is 0. The van der Waals surface area contributed by atoms with E-state index in [1.54, 1.807) is 4.90 Å². The largest absolute Gasteiger partial charge is 0.395 e. The molecule has 0 aliphatic carbocycles. The van der Waals surface area contributed by atoms with E-state index < -0.39 is 0 Å². The van der Waals surface area contributed by atoms with Gasteiger partial charge in [0.15, 0.2) is 0 Å². The van der Waals surface area contributed by atoms with Gasteiger partial charge in [-0.25, -0.2) is 0 Å². The maximum atomic E-state index is 9.04. The van der Waals surface area contributed by atoms with Gasteiger partial charge in [-0.3, -0.25) is 0 Å². The number of nitrogens with zero attached hydrogens (tertiary/aromatic N) is 5. The van der Waals surface area contributed by atoms with E-state index in [9.17, 15) is 0 Å². The summed E-state index contributed by atoms with van der Waals surface area (Å²) in [6.45, 7) is 4.51. The predicted molar refractivity (Wildman–Crippen MR) is 68.7 cm³/mol. The van der Waals surface area contributed by atoms with Gasteiger partial charge in [0, 0.05) is 26.7 Å². The average molecular weight is 260 g/mol. The van der Waals surface area contributed by atoms with Crippen LogP contribution in [-0.4, -0.2) is 53.3 Å². The summed E-state index contributed by atoms with van der Waals surface area (Å²) in [6, 6.07) is 0.177. The number of aliphatic hydroxyl groups excluding tert-OH is 1. The molecule has 0 saturated heterocycles. The third kappa shape index (κ3) is 3.67. The number of hydrogen-bond donors (Lipinski definition) is 1. The Morgan fingerprint density at radius 3 is 2.24 bits per heavy atom. The van der Waals surface area contributed by atoms with E-state index in [-0.39, 0.29) is 17.9 Å². The molecule has 0 amide bonds. The van der Waals surface area contributed by atoms with Crippen LogP contribution in [0.1, 0.15) is 13.8 Å². The summed E-state index contributed by atoms with van der Waals surface area (Å²) in [7, 11) is 3.67. The van der Waals surface area contributed by atoms with E-state index in [1.165, 1.54) is 0 Å². The highest BCUT2D eigenvalue weighted by molar-refractivity contribution is 6.28. The van der Waals surface area contributed by atoms with E-state index in [0.717, 1.165) is 0 Å². The molecule has 6 nitrogen and oxygen atoms in total. The average Bonchev–Trinajstić information content (AvgIpc) is 2.24. The zero-order chi connectivity index (χ0) is 13.0. The third-order valence-electron chi connectivity index (χ3n) is 2.21. The lowest BCUT2D eigenvalue weighted by molar-refractivity contribution is 0.298. The smallest absolute Gasteiger partial charge is 0.231 e. The zero-order valence-corrected chi connectivity index (χ0v) is 11.3. The molecule has 0 aliphatic heterocycles. The van der Waals surface area contributed by atoms with Gasteiger partial charge in [-0.1, -0.05) is 0 Å². The number of hydrogen-bond acceptors (Lipinski definition) is 6. The van der Waals surface area contributed by atoms with Crippen molar-refractivity contribution in [2.75, 3.05) is 37.0 Å². The van der Waals surface area contributed by atoms with Crippen molar-refractivity contribution >= 4 is 23.5 Å². The molecule has 0 aromatic carbocycles. The first-order valence-corrected chi connectivity index (χ1v) is 5.80. The van der Waals surface area contributed by atoms with Crippen LogP contribution in [0, 0.1) is 0 Å². The SMILES string of the molecule is CC(C)N(CCO)c1nc(Cl)nc(N(C)C)n1. The second-order valence-corrected chi connectivity index (χ2v) is 4.45. The lowest BCUT2D eigenvalue weighted by atomic mass is 10.3. The van der Waals surface area contributed by atoms with E-state index in [1.807, 2.05) is 32.8 Å². The molecule has 1 rings (SSSR count). The Kier molecular flexibility index (Phi) is 4.89. The van der Waals surface area contributed by atoms with Crippen molar-refractivity contribution in [2.45, 2.75) is 19.9 Å². The Balaban J connectivity index is 3.10. The predicted octanol–water partition coefficient (Wildman–Crippen LogP) is 0.798. The van der Waals surface area contributed by atoms with Crippen LogP contribution < -0.4 is 9.80 Å². The Morgan fingerprint density at radius 2 is 1.76 bits per heavy atom. The molecule has 0 spiro atoms. The standard InChI is InChI=1S/C10H18ClN5O/c1-7(2)16(5-6-17)10-13-8(11)12-9(14-10)15(3)4/h7,17H,5-6H2,1-4H3. The van der Waals surface area contributed by atoms with Crippen molar-refractivity contribution in [1.82, 2.24) is 15.0 Å². The zero-order valence-electron chi connectivity index (χ0n) is 10.6. The molecule has 1 N–H and O–H groups in total. The second kappa shape index (κ2) is 5.97. The topological polar surface area (TPSA) is 65.4 Å². The van der Waals surface area contributed by atoms with Gasteiger partial charge in [-0.15, -0.1) is 0 Å². The highest BCUT2D eigenvalue weighted by atomic mass is 35.5. The summed E-state index contributed by atoms with van der Waals surface area (Å²) in [4.78, 5) is 16.0. The van der Waals surface area contributed by atoms with Crippen molar-refractivity contribution < 1.29 is 5.11 Å². The van der Waals surface area contributed by atoms with Gasteiger partial charge < -0.3 is 14.9 Å². The Bertz CT molecular complexity index is 372. The van der Waals surface area contributed by atoms with Crippen molar-refractivity contribution in [2.24, 2.45) is 0 Å². The monoisotopic (exact) mass is 259 g/mol. The van der Waals surface area contributed by atoms with E-state index in [4.69, 9.17) is 16.7 Å². The molecule has 0 aliphatic rings. The van der Waals surface area contributed by atoms with Gasteiger partial charge >= 0.3 is 0 Å². The second-order valence-electron chi connectivity index (χ2n) is 4.11. The minimum Gasteiger partial charge on any atom is -0.395 e. The number of aliphatic hydroxyl groups is 1. The molecule has 0 saturated carbocycles. The number of rotatable bonds is 5. The van der Waals surface area contributed by atoms with Crippen molar-refractivity contribution in [3.05, 3.63) is 5.28 Å². The van der Waals surface area contributed by atoms with Crippen LogP contribution >= 0.6 is 11.6 Å². The Labute approximate surface area is 106 Å². The van der Waals surface area contributed by atoms with Gasteiger partial charge in [-0.2, -0.15) is 15.0 Å². The molecular weight excluding hydrogens is 242 g/mol. The van der Waals surface area contributed by atoms with Crippen LogP contribution in [0.25, 0.3) is 0 Å². The van der Waals surface area contributed by atoms with Crippen LogP contribution in [0.5, 0.6) is 0 Å². The Hall–Kier alpha value is -1.14. The van der Waals surface area contributed by atoms with E-state index in [0.29, 0.717) is 18.4 Å². The normalized spacial score (nSPS) is 10.8. The molecule has 1 heterocycles. The number of aromatic nitrogens is 3. The highest BCUT2D eigenvalue weighted by Gasteiger charge is 2.16. The molecule has 0 atom stereocenters. The molecule has 17 heavy (non-hydrogen) atoms. The van der Waals surface area contributed by atoms with Crippen LogP contribution in [0.3, 0.4) is 0 Å². The summed E-state index contributed by atoms with van der Waals surface area (Å²) < 4.78 is 0. The summed E-state index contributed by atoms with van der Waals surface area (Å²) >= 11 is 5.86. The minimum atomic E-state index is 0.0405. The lowest BCUT2D eigenvalue weighted by Crippen LogP contribution is -2.35. The van der Waals surface area contributed by atoms with Gasteiger partial charge in [0.25, 0.3) is 0 Å².